The van der Waals surface area contributed by atoms with Crippen molar-refractivity contribution in [3.05, 3.63) is 54.1 Å². The van der Waals surface area contributed by atoms with Crippen molar-refractivity contribution in [3.63, 3.8) is 0 Å². The highest BCUT2D eigenvalue weighted by Crippen LogP contribution is 2.42. The van der Waals surface area contributed by atoms with E-state index in [9.17, 15) is 0 Å². The predicted molar refractivity (Wildman–Crippen MR) is 81.0 cm³/mol. The Kier molecular flexibility index (Phi) is 3.28. The van der Waals surface area contributed by atoms with Gasteiger partial charge in [0.2, 0.25) is 0 Å². The van der Waals surface area contributed by atoms with Crippen LogP contribution < -0.4 is 0 Å². The first-order valence-corrected chi connectivity index (χ1v) is 7.72. The molecule has 110 valence electrons. The lowest BCUT2D eigenvalue weighted by Crippen LogP contribution is -2.32. The van der Waals surface area contributed by atoms with Gasteiger partial charge in [0.25, 0.3) is 0 Å². The first-order chi connectivity index (χ1) is 10.3. The molecule has 2 atom stereocenters. The van der Waals surface area contributed by atoms with E-state index in [2.05, 4.69) is 45.2 Å². The van der Waals surface area contributed by atoms with Gasteiger partial charge < -0.3 is 9.72 Å². The molecular formula is C17H21N3O. The third kappa shape index (κ3) is 2.61. The van der Waals surface area contributed by atoms with E-state index in [0.717, 1.165) is 39.1 Å². The molecule has 2 aliphatic heterocycles. The fraction of sp³-hybridized carbons (Fsp3) is 0.471. The number of benzene rings is 1. The number of ether oxygens (including phenoxy) is 1. The van der Waals surface area contributed by atoms with Gasteiger partial charge in [0.05, 0.1) is 18.5 Å². The highest BCUT2D eigenvalue weighted by molar-refractivity contribution is 5.22. The zero-order valence-electron chi connectivity index (χ0n) is 12.2. The van der Waals surface area contributed by atoms with Gasteiger partial charge in [0, 0.05) is 37.4 Å². The van der Waals surface area contributed by atoms with E-state index in [1.54, 1.807) is 6.33 Å². The molecule has 1 aromatic carbocycles. The molecule has 2 aliphatic rings. The van der Waals surface area contributed by atoms with Crippen molar-refractivity contribution in [2.45, 2.75) is 30.9 Å². The molecule has 4 rings (SSSR count). The molecule has 4 nitrogen and oxygen atoms in total. The van der Waals surface area contributed by atoms with Crippen LogP contribution in [-0.2, 0) is 11.3 Å². The standard InChI is InChI=1S/C17H21N3O/c1-2-4-14(5-3-1)15-8-17(21-11-15)6-7-20(12-17)10-16-9-18-13-19-16/h1-5,9,13,15H,6-8,10-12H2,(H,18,19)/t15-,17+/m0/s1. The zero-order valence-corrected chi connectivity index (χ0v) is 12.2. The molecule has 0 saturated carbocycles. The molecule has 0 aliphatic carbocycles. The van der Waals surface area contributed by atoms with Crippen LogP contribution in [0.15, 0.2) is 42.9 Å². The minimum atomic E-state index is 0.0700. The Hall–Kier alpha value is -1.65. The lowest BCUT2D eigenvalue weighted by molar-refractivity contribution is 0.0117. The fourth-order valence-corrected chi connectivity index (χ4v) is 3.74. The Labute approximate surface area is 125 Å². The average molecular weight is 283 g/mol. The quantitative estimate of drug-likeness (QED) is 0.941. The summed E-state index contributed by atoms with van der Waals surface area (Å²) < 4.78 is 6.25. The molecule has 2 aromatic rings. The average Bonchev–Trinajstić information content (AvgIpc) is 3.24. The Morgan fingerprint density at radius 3 is 3.05 bits per heavy atom. The topological polar surface area (TPSA) is 41.1 Å². The van der Waals surface area contributed by atoms with Crippen molar-refractivity contribution in [2.75, 3.05) is 19.7 Å². The molecule has 0 unspecified atom stereocenters. The highest BCUT2D eigenvalue weighted by atomic mass is 16.5. The summed E-state index contributed by atoms with van der Waals surface area (Å²) >= 11 is 0. The van der Waals surface area contributed by atoms with Gasteiger partial charge in [-0.2, -0.15) is 0 Å². The van der Waals surface area contributed by atoms with Crippen molar-refractivity contribution < 1.29 is 4.74 Å². The number of hydrogen-bond donors (Lipinski definition) is 1. The van der Waals surface area contributed by atoms with Gasteiger partial charge in [-0.15, -0.1) is 0 Å². The minimum absolute atomic E-state index is 0.0700. The molecule has 0 amide bonds. The maximum atomic E-state index is 6.25. The Morgan fingerprint density at radius 2 is 2.24 bits per heavy atom. The van der Waals surface area contributed by atoms with E-state index in [1.165, 1.54) is 11.3 Å². The number of imidazole rings is 1. The second kappa shape index (κ2) is 5.28. The Bertz CT molecular complexity index is 583. The normalized spacial score (nSPS) is 29.4. The van der Waals surface area contributed by atoms with Crippen LogP contribution >= 0.6 is 0 Å². The monoisotopic (exact) mass is 283 g/mol. The summed E-state index contributed by atoms with van der Waals surface area (Å²) in [6.07, 6.45) is 5.95. The van der Waals surface area contributed by atoms with Crippen LogP contribution in [0.5, 0.6) is 0 Å². The van der Waals surface area contributed by atoms with E-state index in [4.69, 9.17) is 4.74 Å². The van der Waals surface area contributed by atoms with Gasteiger partial charge in [0.1, 0.15) is 0 Å². The van der Waals surface area contributed by atoms with E-state index in [-0.39, 0.29) is 5.60 Å². The van der Waals surface area contributed by atoms with Gasteiger partial charge >= 0.3 is 0 Å². The SMILES string of the molecule is c1ccc([C@@H]2CO[C@]3(CCN(Cc4cnc[nH]4)C3)C2)cc1. The second-order valence-corrected chi connectivity index (χ2v) is 6.34. The number of H-pyrrole nitrogens is 1. The predicted octanol–water partition coefficient (Wildman–Crippen LogP) is 2.56. The maximum absolute atomic E-state index is 6.25. The number of rotatable bonds is 3. The number of hydrogen-bond acceptors (Lipinski definition) is 3. The van der Waals surface area contributed by atoms with Crippen molar-refractivity contribution in [1.29, 1.82) is 0 Å². The number of likely N-dealkylation sites (tertiary alicyclic amines) is 1. The molecule has 1 aromatic heterocycles. The molecule has 0 radical (unpaired) electrons. The summed E-state index contributed by atoms with van der Waals surface area (Å²) in [5.41, 5.74) is 2.67. The smallest absolute Gasteiger partial charge is 0.0922 e. The van der Waals surface area contributed by atoms with Gasteiger partial charge in [0.15, 0.2) is 0 Å². The highest BCUT2D eigenvalue weighted by Gasteiger charge is 2.45. The lowest BCUT2D eigenvalue weighted by Gasteiger charge is -2.23. The van der Waals surface area contributed by atoms with Crippen LogP contribution in [0.25, 0.3) is 0 Å². The van der Waals surface area contributed by atoms with Crippen molar-refractivity contribution >= 4 is 0 Å². The molecule has 3 heterocycles. The van der Waals surface area contributed by atoms with E-state index in [1.807, 2.05) is 6.20 Å². The lowest BCUT2D eigenvalue weighted by atomic mass is 9.89. The summed E-state index contributed by atoms with van der Waals surface area (Å²) in [5, 5.41) is 0. The zero-order chi connectivity index (χ0) is 14.1. The molecule has 1 N–H and O–H groups in total. The first kappa shape index (κ1) is 13.0. The molecule has 0 bridgehead atoms. The van der Waals surface area contributed by atoms with Crippen LogP contribution in [0.2, 0.25) is 0 Å². The molecular weight excluding hydrogens is 262 g/mol. The van der Waals surface area contributed by atoms with Crippen LogP contribution in [0, 0.1) is 0 Å². The number of nitrogens with one attached hydrogen (secondary N) is 1. The fourth-order valence-electron chi connectivity index (χ4n) is 3.74. The molecule has 1 spiro atoms. The van der Waals surface area contributed by atoms with Crippen LogP contribution in [0.3, 0.4) is 0 Å². The van der Waals surface area contributed by atoms with E-state index in [0.29, 0.717) is 5.92 Å². The van der Waals surface area contributed by atoms with Crippen LogP contribution in [-0.4, -0.2) is 40.2 Å². The number of nitrogens with zero attached hydrogens (tertiary/aromatic N) is 2. The largest absolute Gasteiger partial charge is 0.373 e. The third-order valence-corrected chi connectivity index (χ3v) is 4.82. The Balaban J connectivity index is 1.41. The van der Waals surface area contributed by atoms with Crippen molar-refractivity contribution in [1.82, 2.24) is 14.9 Å². The van der Waals surface area contributed by atoms with Gasteiger partial charge in [-0.3, -0.25) is 4.90 Å². The summed E-state index contributed by atoms with van der Waals surface area (Å²) in [6, 6.07) is 10.8. The van der Waals surface area contributed by atoms with E-state index >= 15 is 0 Å². The first-order valence-electron chi connectivity index (χ1n) is 7.72. The third-order valence-electron chi connectivity index (χ3n) is 4.82. The summed E-state index contributed by atoms with van der Waals surface area (Å²) in [4.78, 5) is 9.75. The van der Waals surface area contributed by atoms with Crippen molar-refractivity contribution in [3.8, 4) is 0 Å². The molecule has 2 fully saturated rings. The van der Waals surface area contributed by atoms with Gasteiger partial charge in [-0.05, 0) is 18.4 Å². The summed E-state index contributed by atoms with van der Waals surface area (Å²) in [7, 11) is 0. The van der Waals surface area contributed by atoms with Gasteiger partial charge in [-0.25, -0.2) is 4.98 Å². The van der Waals surface area contributed by atoms with Crippen LogP contribution in [0.4, 0.5) is 0 Å². The molecule has 21 heavy (non-hydrogen) atoms. The van der Waals surface area contributed by atoms with Crippen LogP contribution in [0.1, 0.15) is 30.0 Å². The molecule has 4 heteroatoms. The number of aromatic nitrogens is 2. The second-order valence-electron chi connectivity index (χ2n) is 6.34. The maximum Gasteiger partial charge on any atom is 0.0922 e. The van der Waals surface area contributed by atoms with Gasteiger partial charge in [-0.1, -0.05) is 30.3 Å². The van der Waals surface area contributed by atoms with E-state index < -0.39 is 0 Å². The minimum Gasteiger partial charge on any atom is -0.373 e. The summed E-state index contributed by atoms with van der Waals surface area (Å²) in [5.74, 6) is 0.554. The Morgan fingerprint density at radius 1 is 1.33 bits per heavy atom. The molecule has 2 saturated heterocycles. The summed E-state index contributed by atoms with van der Waals surface area (Å²) in [6.45, 7) is 3.96. The van der Waals surface area contributed by atoms with Crippen molar-refractivity contribution in [2.24, 2.45) is 0 Å². The number of aromatic amines is 1.